The minimum Gasteiger partial charge on any atom is -0.135 e. The Morgan fingerprint density at radius 1 is 0.197 bits per heavy atom. The molecule has 14 rings (SSSR count). The summed E-state index contributed by atoms with van der Waals surface area (Å²) in [6.07, 6.45) is 0. The van der Waals surface area contributed by atoms with Crippen LogP contribution in [0, 0.1) is 0 Å². The summed E-state index contributed by atoms with van der Waals surface area (Å²) in [6.45, 7) is 0. The van der Waals surface area contributed by atoms with Gasteiger partial charge in [-0.2, -0.15) is 0 Å². The fraction of sp³-hybridized carbons (Fsp3) is 0. The molecule has 12 aromatic carbocycles. The van der Waals surface area contributed by atoms with Gasteiger partial charge < -0.3 is 0 Å². The third-order valence-corrected chi connectivity index (χ3v) is 16.2. The third-order valence-electron chi connectivity index (χ3n) is 13.9. The van der Waals surface area contributed by atoms with Gasteiger partial charge in [-0.1, -0.05) is 206 Å². The van der Waals surface area contributed by atoms with E-state index < -0.39 is 0 Å². The van der Waals surface area contributed by atoms with Crippen molar-refractivity contribution in [3.8, 4) is 54.3 Å². The highest BCUT2D eigenvalue weighted by atomic mass is 32.1. The smallest absolute Gasteiger partial charge is 0.0367 e. The number of rotatable bonds is 5. The lowest BCUT2D eigenvalue weighted by Gasteiger charge is -2.20. The third kappa shape index (κ3) is 5.62. The lowest BCUT2D eigenvalue weighted by molar-refractivity contribution is 1.66. The molecule has 2 heteroatoms. The Kier molecular flexibility index (Phi) is 8.43. The van der Waals surface area contributed by atoms with Crippen molar-refractivity contribution in [2.45, 2.75) is 0 Å². The van der Waals surface area contributed by atoms with E-state index >= 15 is 0 Å². The van der Waals surface area contributed by atoms with E-state index in [1.165, 1.54) is 139 Å². The van der Waals surface area contributed by atoms with E-state index in [0.29, 0.717) is 0 Å². The zero-order chi connectivity index (χ0) is 43.3. The van der Waals surface area contributed by atoms with E-state index in [0.717, 1.165) is 0 Å². The van der Waals surface area contributed by atoms with Crippen LogP contribution in [0.5, 0.6) is 0 Å². The second-order valence-electron chi connectivity index (χ2n) is 17.4. The maximum atomic E-state index is 2.39. The molecule has 0 fully saturated rings. The van der Waals surface area contributed by atoms with Gasteiger partial charge in [0, 0.05) is 30.3 Å². The van der Waals surface area contributed by atoms with Gasteiger partial charge in [-0.15, -0.1) is 22.7 Å². The Labute approximate surface area is 389 Å². The molecule has 0 saturated heterocycles. The quantitative estimate of drug-likeness (QED) is 0.151. The molecule has 0 spiro atoms. The predicted molar refractivity (Wildman–Crippen MR) is 289 cm³/mol. The number of thiophene rings is 2. The molecule has 0 aliphatic rings. The van der Waals surface area contributed by atoms with Crippen molar-refractivity contribution in [1.82, 2.24) is 0 Å². The second-order valence-corrected chi connectivity index (χ2v) is 19.6. The first-order valence-corrected chi connectivity index (χ1v) is 24.3. The molecule has 306 valence electrons. The van der Waals surface area contributed by atoms with Crippen LogP contribution in [-0.2, 0) is 0 Å². The van der Waals surface area contributed by atoms with E-state index in [1.54, 1.807) is 0 Å². The van der Waals surface area contributed by atoms with Gasteiger partial charge in [0.1, 0.15) is 0 Å². The Morgan fingerprint density at radius 3 is 0.758 bits per heavy atom. The minimum atomic E-state index is 1.24. The van der Waals surface area contributed by atoms with Crippen LogP contribution >= 0.6 is 22.7 Å². The summed E-state index contributed by atoms with van der Waals surface area (Å²) in [5, 5.41) is 17.8. The summed E-state index contributed by atoms with van der Waals surface area (Å²) in [5.41, 5.74) is 10.2. The number of fused-ring (bicyclic) bond motifs is 8. The molecule has 0 N–H and O–H groups in total. The maximum Gasteiger partial charge on any atom is 0.0367 e. The molecule has 0 aliphatic carbocycles. The molecule has 0 radical (unpaired) electrons. The van der Waals surface area contributed by atoms with Gasteiger partial charge >= 0.3 is 0 Å². The molecule has 66 heavy (non-hydrogen) atoms. The minimum absolute atomic E-state index is 1.24. The predicted octanol–water partition coefficient (Wildman–Crippen LogP) is 19.4. The van der Waals surface area contributed by atoms with Gasteiger partial charge in [-0.3, -0.25) is 0 Å². The molecule has 2 heterocycles. The molecule has 0 aliphatic heterocycles. The number of hydrogen-bond donors (Lipinski definition) is 0. The van der Waals surface area contributed by atoms with Crippen molar-refractivity contribution in [2.24, 2.45) is 0 Å². The molecule has 0 saturated carbocycles. The Bertz CT molecular complexity index is 3840. The van der Waals surface area contributed by atoms with E-state index in [9.17, 15) is 0 Å². The standard InChI is InChI=1S/C64H38S2/c1-15-31-57-39(17-1)37-59(65-57)63-51-27-11-7-23-47(51)61(48-24-8-12-28-52(48)63)55-35-33-45(41-19-3-5-21-43(41)55)46-34-36-56(44-22-6-4-20-42(44)46)62-49-25-9-13-29-53(49)64(54-30-14-10-26-50(54)62)60-38-40-18-2-16-32-58(40)66-60/h1-38H. The summed E-state index contributed by atoms with van der Waals surface area (Å²) >= 11 is 3.77. The van der Waals surface area contributed by atoms with Crippen molar-refractivity contribution >= 4 is 107 Å². The normalized spacial score (nSPS) is 11.9. The van der Waals surface area contributed by atoms with Gasteiger partial charge in [0.15, 0.2) is 0 Å². The highest BCUT2D eigenvalue weighted by molar-refractivity contribution is 7.22. The Hall–Kier alpha value is -7.88. The van der Waals surface area contributed by atoms with Gasteiger partial charge in [0.25, 0.3) is 0 Å². The summed E-state index contributed by atoms with van der Waals surface area (Å²) in [6, 6.07) is 86.0. The summed E-state index contributed by atoms with van der Waals surface area (Å²) in [7, 11) is 0. The lowest BCUT2D eigenvalue weighted by Crippen LogP contribution is -1.93. The highest BCUT2D eigenvalue weighted by Crippen LogP contribution is 2.51. The summed E-state index contributed by atoms with van der Waals surface area (Å²) in [5.74, 6) is 0. The van der Waals surface area contributed by atoms with Crippen LogP contribution in [0.15, 0.2) is 231 Å². The van der Waals surface area contributed by atoms with Crippen LogP contribution in [-0.4, -0.2) is 0 Å². The molecule has 0 amide bonds. The van der Waals surface area contributed by atoms with Crippen LogP contribution < -0.4 is 0 Å². The van der Waals surface area contributed by atoms with E-state index in [1.807, 2.05) is 22.7 Å². The van der Waals surface area contributed by atoms with Crippen molar-refractivity contribution in [3.05, 3.63) is 231 Å². The first kappa shape index (κ1) is 37.5. The Balaban J connectivity index is 0.984. The van der Waals surface area contributed by atoms with Crippen molar-refractivity contribution < 1.29 is 0 Å². The topological polar surface area (TPSA) is 0 Å². The molecule has 2 aromatic heterocycles. The van der Waals surface area contributed by atoms with Gasteiger partial charge in [0.05, 0.1) is 0 Å². The summed E-state index contributed by atoms with van der Waals surface area (Å²) < 4.78 is 2.63. The fourth-order valence-corrected chi connectivity index (χ4v) is 13.4. The molecule has 14 aromatic rings. The molecule has 0 nitrogen and oxygen atoms in total. The zero-order valence-corrected chi connectivity index (χ0v) is 37.4. The monoisotopic (exact) mass is 870 g/mol. The van der Waals surface area contributed by atoms with E-state index in [-0.39, 0.29) is 0 Å². The van der Waals surface area contributed by atoms with Crippen molar-refractivity contribution in [2.75, 3.05) is 0 Å². The van der Waals surface area contributed by atoms with Gasteiger partial charge in [-0.05, 0) is 133 Å². The number of benzene rings is 12. The first-order chi connectivity index (χ1) is 32.8. The molecule has 0 unspecified atom stereocenters. The molecule has 0 bridgehead atoms. The van der Waals surface area contributed by atoms with Gasteiger partial charge in [0.2, 0.25) is 0 Å². The average Bonchev–Trinajstić information content (AvgIpc) is 4.01. The van der Waals surface area contributed by atoms with E-state index in [2.05, 4.69) is 231 Å². The molecule has 0 atom stereocenters. The van der Waals surface area contributed by atoms with Crippen molar-refractivity contribution in [3.63, 3.8) is 0 Å². The fourth-order valence-electron chi connectivity index (χ4n) is 11.1. The summed E-state index contributed by atoms with van der Waals surface area (Å²) in [4.78, 5) is 2.61. The maximum absolute atomic E-state index is 2.39. The second kappa shape index (κ2) is 14.8. The Morgan fingerprint density at radius 2 is 0.439 bits per heavy atom. The highest BCUT2D eigenvalue weighted by Gasteiger charge is 2.23. The van der Waals surface area contributed by atoms with Crippen LogP contribution in [0.3, 0.4) is 0 Å². The van der Waals surface area contributed by atoms with Crippen LogP contribution in [0.25, 0.3) is 139 Å². The van der Waals surface area contributed by atoms with Gasteiger partial charge in [-0.25, -0.2) is 0 Å². The number of hydrogen-bond acceptors (Lipinski definition) is 2. The van der Waals surface area contributed by atoms with Crippen LogP contribution in [0.2, 0.25) is 0 Å². The molecular weight excluding hydrogens is 833 g/mol. The lowest BCUT2D eigenvalue weighted by atomic mass is 9.83. The van der Waals surface area contributed by atoms with Crippen molar-refractivity contribution in [1.29, 1.82) is 0 Å². The SMILES string of the molecule is c1ccc2sc(-c3c4ccccc4c(-c4ccc(-c5ccc(-c6c7ccccc7c(-c7cc8ccccc8s7)c7ccccc67)c6ccccc56)c5ccccc45)c4ccccc34)cc2c1. The first-order valence-electron chi connectivity index (χ1n) is 22.7. The molecular formula is C64H38S2. The largest absolute Gasteiger partial charge is 0.135 e. The van der Waals surface area contributed by atoms with Crippen LogP contribution in [0.4, 0.5) is 0 Å². The van der Waals surface area contributed by atoms with Crippen LogP contribution in [0.1, 0.15) is 0 Å². The zero-order valence-electron chi connectivity index (χ0n) is 35.8. The van der Waals surface area contributed by atoms with E-state index in [4.69, 9.17) is 0 Å². The average molecular weight is 871 g/mol.